The third-order valence-corrected chi connectivity index (χ3v) is 6.09. The van der Waals surface area contributed by atoms with E-state index in [1.165, 1.54) is 33.0 Å². The lowest BCUT2D eigenvalue weighted by atomic mass is 9.79. The highest BCUT2D eigenvalue weighted by atomic mass is 35.5. The van der Waals surface area contributed by atoms with Crippen LogP contribution in [0.15, 0.2) is 60.7 Å². The van der Waals surface area contributed by atoms with Gasteiger partial charge < -0.3 is 0 Å². The summed E-state index contributed by atoms with van der Waals surface area (Å²) in [7, 11) is 2.24. The Hall–Kier alpha value is -1.83. The molecular formula is C28H38ClN. The zero-order valence-electron chi connectivity index (χ0n) is 19.9. The molecule has 0 spiro atoms. The fourth-order valence-corrected chi connectivity index (χ4v) is 3.93. The molecule has 0 fully saturated rings. The van der Waals surface area contributed by atoms with Crippen LogP contribution in [0.3, 0.4) is 0 Å². The predicted octanol–water partition coefficient (Wildman–Crippen LogP) is 8.05. The number of hydrogen-bond donors (Lipinski definition) is 0. The van der Waals surface area contributed by atoms with Crippen LogP contribution in [0.2, 0.25) is 0 Å². The summed E-state index contributed by atoms with van der Waals surface area (Å²) in [6.45, 7) is 17.1. The van der Waals surface area contributed by atoms with Gasteiger partial charge >= 0.3 is 0 Å². The van der Waals surface area contributed by atoms with Crippen molar-refractivity contribution in [3.05, 3.63) is 82.9 Å². The van der Waals surface area contributed by atoms with Crippen LogP contribution >= 0.6 is 12.4 Å². The van der Waals surface area contributed by atoms with Crippen molar-refractivity contribution in [1.82, 2.24) is 4.90 Å². The predicted molar refractivity (Wildman–Crippen MR) is 135 cm³/mol. The van der Waals surface area contributed by atoms with Gasteiger partial charge in [-0.05, 0) is 57.8 Å². The van der Waals surface area contributed by atoms with Crippen LogP contribution in [0.25, 0.3) is 10.8 Å². The first-order chi connectivity index (χ1) is 13.5. The number of nitrogens with zero attached hydrogens (tertiary/aromatic N) is 1. The van der Waals surface area contributed by atoms with Crippen LogP contribution in [0, 0.1) is 0 Å². The fourth-order valence-electron chi connectivity index (χ4n) is 3.93. The summed E-state index contributed by atoms with van der Waals surface area (Å²) in [5, 5.41) is 2.67. The minimum absolute atomic E-state index is 0. The van der Waals surface area contributed by atoms with E-state index in [0.29, 0.717) is 6.04 Å². The average Bonchev–Trinajstić information content (AvgIpc) is 2.65. The summed E-state index contributed by atoms with van der Waals surface area (Å²) in [4.78, 5) is 2.47. The van der Waals surface area contributed by atoms with E-state index in [2.05, 4.69) is 121 Å². The van der Waals surface area contributed by atoms with Crippen molar-refractivity contribution in [2.45, 2.75) is 71.9 Å². The van der Waals surface area contributed by atoms with Crippen molar-refractivity contribution in [3.8, 4) is 0 Å². The topological polar surface area (TPSA) is 3.24 Å². The minimum Gasteiger partial charge on any atom is -0.295 e. The van der Waals surface area contributed by atoms with E-state index < -0.39 is 0 Å². The lowest BCUT2D eigenvalue weighted by Gasteiger charge is -2.29. The van der Waals surface area contributed by atoms with Crippen molar-refractivity contribution >= 4 is 23.2 Å². The van der Waals surface area contributed by atoms with Crippen molar-refractivity contribution in [1.29, 1.82) is 0 Å². The van der Waals surface area contributed by atoms with E-state index in [-0.39, 0.29) is 23.2 Å². The average molecular weight is 424 g/mol. The molecule has 1 nitrogen and oxygen atoms in total. The van der Waals surface area contributed by atoms with E-state index in [9.17, 15) is 0 Å². The van der Waals surface area contributed by atoms with Crippen LogP contribution < -0.4 is 0 Å². The Morgan fingerprint density at radius 2 is 1.30 bits per heavy atom. The molecule has 162 valence electrons. The summed E-state index contributed by atoms with van der Waals surface area (Å²) in [6.07, 6.45) is 0. The van der Waals surface area contributed by atoms with E-state index in [4.69, 9.17) is 0 Å². The highest BCUT2D eigenvalue weighted by Gasteiger charge is 2.22. The first-order valence-corrected chi connectivity index (χ1v) is 10.8. The molecule has 0 saturated heterocycles. The lowest BCUT2D eigenvalue weighted by molar-refractivity contribution is 0.254. The molecule has 0 saturated carbocycles. The molecule has 0 N–H and O–H groups in total. The van der Waals surface area contributed by atoms with Gasteiger partial charge in [-0.3, -0.25) is 4.90 Å². The fraction of sp³-hybridized carbons (Fsp3) is 0.429. The maximum absolute atomic E-state index is 2.47. The molecule has 30 heavy (non-hydrogen) atoms. The molecule has 1 atom stereocenters. The van der Waals surface area contributed by atoms with Gasteiger partial charge in [0.1, 0.15) is 0 Å². The van der Waals surface area contributed by atoms with Crippen LogP contribution in [-0.2, 0) is 17.4 Å². The maximum atomic E-state index is 2.47. The van der Waals surface area contributed by atoms with E-state index in [1.807, 2.05) is 0 Å². The number of hydrogen-bond acceptors (Lipinski definition) is 1. The van der Waals surface area contributed by atoms with Gasteiger partial charge in [0.2, 0.25) is 0 Å². The molecule has 0 aliphatic carbocycles. The largest absolute Gasteiger partial charge is 0.295 e. The smallest absolute Gasteiger partial charge is 0.0326 e. The lowest BCUT2D eigenvalue weighted by Crippen LogP contribution is -2.23. The van der Waals surface area contributed by atoms with E-state index >= 15 is 0 Å². The first-order valence-electron chi connectivity index (χ1n) is 10.8. The second-order valence-electron chi connectivity index (χ2n) is 10.6. The maximum Gasteiger partial charge on any atom is 0.0326 e. The summed E-state index contributed by atoms with van der Waals surface area (Å²) in [6, 6.07) is 22.9. The molecule has 3 rings (SSSR count). The number of halogens is 1. The SMILES string of the molecule is C[C@H](c1cccc2ccccc12)N(C)Cc1cc(C(C)(C)C)cc(C(C)(C)C)c1.Cl. The monoisotopic (exact) mass is 423 g/mol. The second kappa shape index (κ2) is 9.12. The van der Waals surface area contributed by atoms with Gasteiger partial charge in [-0.15, -0.1) is 12.4 Å². The van der Waals surface area contributed by atoms with Crippen LogP contribution in [-0.4, -0.2) is 11.9 Å². The summed E-state index contributed by atoms with van der Waals surface area (Å²) in [5.41, 5.74) is 5.94. The summed E-state index contributed by atoms with van der Waals surface area (Å²) < 4.78 is 0. The highest BCUT2D eigenvalue weighted by molar-refractivity contribution is 5.86. The van der Waals surface area contributed by atoms with Crippen molar-refractivity contribution in [2.24, 2.45) is 0 Å². The molecule has 0 aliphatic heterocycles. The van der Waals surface area contributed by atoms with Crippen LogP contribution in [0.1, 0.15) is 76.8 Å². The molecule has 0 aliphatic rings. The molecule has 0 aromatic heterocycles. The minimum atomic E-state index is 0. The Labute approximate surface area is 189 Å². The van der Waals surface area contributed by atoms with Crippen LogP contribution in [0.4, 0.5) is 0 Å². The zero-order valence-corrected chi connectivity index (χ0v) is 20.7. The molecular weight excluding hydrogens is 386 g/mol. The molecule has 3 aromatic carbocycles. The van der Waals surface area contributed by atoms with Crippen molar-refractivity contribution in [2.75, 3.05) is 7.05 Å². The quantitative estimate of drug-likeness (QED) is 0.410. The summed E-state index contributed by atoms with van der Waals surface area (Å²) >= 11 is 0. The Morgan fingerprint density at radius 1 is 0.767 bits per heavy atom. The third kappa shape index (κ3) is 5.45. The molecule has 0 bridgehead atoms. The van der Waals surface area contributed by atoms with Crippen molar-refractivity contribution in [3.63, 3.8) is 0 Å². The number of fused-ring (bicyclic) bond motifs is 1. The second-order valence-corrected chi connectivity index (χ2v) is 10.6. The Morgan fingerprint density at radius 3 is 1.87 bits per heavy atom. The molecule has 3 aromatic rings. The van der Waals surface area contributed by atoms with Gasteiger partial charge in [0, 0.05) is 12.6 Å². The molecule has 0 heterocycles. The number of benzene rings is 3. The van der Waals surface area contributed by atoms with Crippen molar-refractivity contribution < 1.29 is 0 Å². The van der Waals surface area contributed by atoms with Crippen LogP contribution in [0.5, 0.6) is 0 Å². The highest BCUT2D eigenvalue weighted by Crippen LogP contribution is 2.32. The van der Waals surface area contributed by atoms with Gasteiger partial charge in [-0.1, -0.05) is 102 Å². The standard InChI is InChI=1S/C28H37N.ClH/c1-20(25-15-11-13-22-12-9-10-14-26(22)25)29(8)19-21-16-23(27(2,3)4)18-24(17-21)28(5,6)7;/h9-18,20H,19H2,1-8H3;1H/t20-;/m1./s1. The molecule has 0 radical (unpaired) electrons. The first kappa shape index (κ1) is 24.4. The van der Waals surface area contributed by atoms with Gasteiger partial charge in [-0.2, -0.15) is 0 Å². The third-order valence-electron chi connectivity index (χ3n) is 6.09. The summed E-state index contributed by atoms with van der Waals surface area (Å²) in [5.74, 6) is 0. The zero-order chi connectivity index (χ0) is 21.4. The Kier molecular flexibility index (Phi) is 7.43. The van der Waals surface area contributed by atoms with Gasteiger partial charge in [0.15, 0.2) is 0 Å². The molecule has 0 amide bonds. The normalized spacial score (nSPS) is 13.4. The van der Waals surface area contributed by atoms with Gasteiger partial charge in [0.05, 0.1) is 0 Å². The molecule has 2 heteroatoms. The Bertz CT molecular complexity index is 954. The number of rotatable bonds is 4. The van der Waals surface area contributed by atoms with E-state index in [1.54, 1.807) is 0 Å². The Balaban J connectivity index is 0.00000320. The van der Waals surface area contributed by atoms with Gasteiger partial charge in [-0.25, -0.2) is 0 Å². The van der Waals surface area contributed by atoms with E-state index in [0.717, 1.165) is 6.54 Å². The van der Waals surface area contributed by atoms with Gasteiger partial charge in [0.25, 0.3) is 0 Å². The molecule has 0 unspecified atom stereocenters.